The summed E-state index contributed by atoms with van der Waals surface area (Å²) < 4.78 is 5.54. The predicted molar refractivity (Wildman–Crippen MR) is 60.9 cm³/mol. The second kappa shape index (κ2) is 3.70. The molecule has 15 heavy (non-hydrogen) atoms. The van der Waals surface area contributed by atoms with Gasteiger partial charge in [-0.25, -0.2) is 0 Å². The zero-order chi connectivity index (χ0) is 10.1. The Morgan fingerprint density at radius 3 is 3.20 bits per heavy atom. The lowest BCUT2D eigenvalue weighted by molar-refractivity contribution is 0.565. The quantitative estimate of drug-likeness (QED) is 0.808. The molecule has 1 aliphatic rings. The molecule has 1 unspecified atom stereocenters. The molecule has 0 saturated carbocycles. The summed E-state index contributed by atoms with van der Waals surface area (Å²) in [6, 6.07) is 8.45. The van der Waals surface area contributed by atoms with Gasteiger partial charge in [0.2, 0.25) is 0 Å². The van der Waals surface area contributed by atoms with E-state index in [4.69, 9.17) is 4.42 Å². The van der Waals surface area contributed by atoms with Crippen molar-refractivity contribution in [2.24, 2.45) is 5.92 Å². The van der Waals surface area contributed by atoms with Crippen molar-refractivity contribution < 1.29 is 4.42 Å². The van der Waals surface area contributed by atoms with Gasteiger partial charge in [0.15, 0.2) is 0 Å². The average Bonchev–Trinajstić information content (AvgIpc) is 2.87. The van der Waals surface area contributed by atoms with E-state index in [1.54, 1.807) is 6.26 Å². The number of furan rings is 1. The van der Waals surface area contributed by atoms with Crippen LogP contribution in [0, 0.1) is 5.92 Å². The van der Waals surface area contributed by atoms with Crippen LogP contribution < -0.4 is 5.32 Å². The molecule has 1 fully saturated rings. The van der Waals surface area contributed by atoms with E-state index >= 15 is 0 Å². The lowest BCUT2D eigenvalue weighted by Crippen LogP contribution is -2.10. The van der Waals surface area contributed by atoms with Crippen LogP contribution in [0.5, 0.6) is 0 Å². The first kappa shape index (κ1) is 8.98. The molecule has 1 N–H and O–H groups in total. The van der Waals surface area contributed by atoms with Crippen molar-refractivity contribution in [2.75, 3.05) is 13.1 Å². The SMILES string of the molecule is c1cc(CC2CCNC2)c2occc2c1. The van der Waals surface area contributed by atoms with Crippen LogP contribution >= 0.6 is 0 Å². The second-order valence-electron chi connectivity index (χ2n) is 4.32. The van der Waals surface area contributed by atoms with E-state index in [0.717, 1.165) is 24.5 Å². The molecule has 1 aromatic heterocycles. The molecule has 3 rings (SSSR count). The van der Waals surface area contributed by atoms with Crippen LogP contribution in [0.2, 0.25) is 0 Å². The number of para-hydroxylation sites is 1. The number of fused-ring (bicyclic) bond motifs is 1. The molecule has 1 atom stereocenters. The summed E-state index contributed by atoms with van der Waals surface area (Å²) in [5.41, 5.74) is 2.43. The maximum Gasteiger partial charge on any atom is 0.137 e. The van der Waals surface area contributed by atoms with Crippen molar-refractivity contribution in [3.05, 3.63) is 36.1 Å². The standard InChI is InChI=1S/C13H15NO/c1-2-11-5-7-15-13(11)12(3-1)8-10-4-6-14-9-10/h1-3,5,7,10,14H,4,6,8-9H2. The number of rotatable bonds is 2. The highest BCUT2D eigenvalue weighted by Gasteiger charge is 2.16. The molecule has 2 nitrogen and oxygen atoms in total. The van der Waals surface area contributed by atoms with Crippen molar-refractivity contribution >= 4 is 11.0 Å². The third-order valence-electron chi connectivity index (χ3n) is 3.23. The van der Waals surface area contributed by atoms with Crippen LogP contribution in [-0.4, -0.2) is 13.1 Å². The Labute approximate surface area is 89.3 Å². The summed E-state index contributed by atoms with van der Waals surface area (Å²) in [4.78, 5) is 0. The fourth-order valence-corrected chi connectivity index (χ4v) is 2.42. The summed E-state index contributed by atoms with van der Waals surface area (Å²) in [6.07, 6.45) is 4.20. The monoisotopic (exact) mass is 201 g/mol. The van der Waals surface area contributed by atoms with Gasteiger partial charge < -0.3 is 9.73 Å². The van der Waals surface area contributed by atoms with Gasteiger partial charge in [-0.3, -0.25) is 0 Å². The Hall–Kier alpha value is -1.28. The van der Waals surface area contributed by atoms with Crippen LogP contribution in [0.3, 0.4) is 0 Å². The van der Waals surface area contributed by atoms with Crippen LogP contribution in [0.1, 0.15) is 12.0 Å². The average molecular weight is 201 g/mol. The van der Waals surface area contributed by atoms with Crippen molar-refractivity contribution in [3.8, 4) is 0 Å². The smallest absolute Gasteiger partial charge is 0.137 e. The van der Waals surface area contributed by atoms with Crippen LogP contribution in [0.4, 0.5) is 0 Å². The first-order chi connectivity index (χ1) is 7.43. The maximum atomic E-state index is 5.54. The van der Waals surface area contributed by atoms with Crippen molar-refractivity contribution in [3.63, 3.8) is 0 Å². The number of nitrogens with one attached hydrogen (secondary N) is 1. The molecule has 0 radical (unpaired) electrons. The number of hydrogen-bond acceptors (Lipinski definition) is 2. The zero-order valence-electron chi connectivity index (χ0n) is 8.70. The van der Waals surface area contributed by atoms with Crippen LogP contribution in [0.25, 0.3) is 11.0 Å². The molecule has 78 valence electrons. The van der Waals surface area contributed by atoms with Gasteiger partial charge in [0.25, 0.3) is 0 Å². The van der Waals surface area contributed by atoms with Gasteiger partial charge in [0.05, 0.1) is 6.26 Å². The number of benzene rings is 1. The van der Waals surface area contributed by atoms with Crippen molar-refractivity contribution in [2.45, 2.75) is 12.8 Å². The second-order valence-corrected chi connectivity index (χ2v) is 4.32. The Morgan fingerprint density at radius 1 is 1.33 bits per heavy atom. The Morgan fingerprint density at radius 2 is 2.33 bits per heavy atom. The Balaban J connectivity index is 1.92. The van der Waals surface area contributed by atoms with Crippen molar-refractivity contribution in [1.82, 2.24) is 5.32 Å². The van der Waals surface area contributed by atoms with Crippen molar-refractivity contribution in [1.29, 1.82) is 0 Å². The van der Waals surface area contributed by atoms with Gasteiger partial charge in [0, 0.05) is 5.39 Å². The van der Waals surface area contributed by atoms with Crippen LogP contribution in [0.15, 0.2) is 34.9 Å². The van der Waals surface area contributed by atoms with E-state index < -0.39 is 0 Å². The largest absolute Gasteiger partial charge is 0.464 e. The molecule has 1 aromatic carbocycles. The maximum absolute atomic E-state index is 5.54. The fourth-order valence-electron chi connectivity index (χ4n) is 2.42. The molecule has 0 spiro atoms. The highest BCUT2D eigenvalue weighted by atomic mass is 16.3. The zero-order valence-corrected chi connectivity index (χ0v) is 8.70. The normalized spacial score (nSPS) is 21.2. The van der Waals surface area contributed by atoms with Gasteiger partial charge >= 0.3 is 0 Å². The van der Waals surface area contributed by atoms with Gasteiger partial charge in [-0.2, -0.15) is 0 Å². The summed E-state index contributed by atoms with van der Waals surface area (Å²) in [5, 5.41) is 4.62. The molecule has 2 heterocycles. The third kappa shape index (κ3) is 1.65. The number of hydrogen-bond donors (Lipinski definition) is 1. The van der Waals surface area contributed by atoms with Crippen LogP contribution in [-0.2, 0) is 6.42 Å². The van der Waals surface area contributed by atoms with Gasteiger partial charge in [-0.15, -0.1) is 0 Å². The van der Waals surface area contributed by atoms with Gasteiger partial charge in [0.1, 0.15) is 5.58 Å². The Kier molecular flexibility index (Phi) is 2.22. The first-order valence-corrected chi connectivity index (χ1v) is 5.59. The predicted octanol–water partition coefficient (Wildman–Crippen LogP) is 2.58. The molecule has 1 aliphatic heterocycles. The van der Waals surface area contributed by atoms with E-state index in [1.807, 2.05) is 6.07 Å². The third-order valence-corrected chi connectivity index (χ3v) is 3.23. The molecule has 1 saturated heterocycles. The van der Waals surface area contributed by atoms with E-state index in [2.05, 4.69) is 23.5 Å². The molecule has 0 aliphatic carbocycles. The molecule has 2 heteroatoms. The minimum atomic E-state index is 0.778. The first-order valence-electron chi connectivity index (χ1n) is 5.59. The fraction of sp³-hybridized carbons (Fsp3) is 0.385. The summed E-state index contributed by atoms with van der Waals surface area (Å²) in [6.45, 7) is 2.32. The molecule has 0 bridgehead atoms. The van der Waals surface area contributed by atoms with E-state index in [0.29, 0.717) is 0 Å². The highest BCUT2D eigenvalue weighted by Crippen LogP contribution is 2.24. The Bertz CT molecular complexity index is 454. The molecular formula is C13H15NO. The van der Waals surface area contributed by atoms with Gasteiger partial charge in [-0.05, 0) is 43.5 Å². The van der Waals surface area contributed by atoms with E-state index in [1.165, 1.54) is 23.9 Å². The summed E-state index contributed by atoms with van der Waals surface area (Å²) in [7, 11) is 0. The lowest BCUT2D eigenvalue weighted by atomic mass is 9.98. The lowest BCUT2D eigenvalue weighted by Gasteiger charge is -2.08. The minimum absolute atomic E-state index is 0.778. The topological polar surface area (TPSA) is 25.2 Å². The summed E-state index contributed by atoms with van der Waals surface area (Å²) in [5.74, 6) is 0.778. The van der Waals surface area contributed by atoms with E-state index in [9.17, 15) is 0 Å². The molecular weight excluding hydrogens is 186 g/mol. The molecule has 0 amide bonds. The molecule has 2 aromatic rings. The van der Waals surface area contributed by atoms with Gasteiger partial charge in [-0.1, -0.05) is 18.2 Å². The highest BCUT2D eigenvalue weighted by molar-refractivity contribution is 5.80. The summed E-state index contributed by atoms with van der Waals surface area (Å²) >= 11 is 0. The minimum Gasteiger partial charge on any atom is -0.464 e. The van der Waals surface area contributed by atoms with E-state index in [-0.39, 0.29) is 0 Å².